The van der Waals surface area contributed by atoms with E-state index < -0.39 is 0 Å². The van der Waals surface area contributed by atoms with Crippen LogP contribution in [0.5, 0.6) is 0 Å². The smallest absolute Gasteiger partial charge is 0.0991 e. The number of hydrogen-bond donors (Lipinski definition) is 1. The van der Waals surface area contributed by atoms with Gasteiger partial charge in [0.25, 0.3) is 0 Å². The first-order valence-corrected chi connectivity index (χ1v) is 10.3. The number of nitrogens with zero attached hydrogens (tertiary/aromatic N) is 4. The number of nitriles is 1. The van der Waals surface area contributed by atoms with Crippen LogP contribution in [0.25, 0.3) is 0 Å². The molecule has 1 aromatic heterocycles. The summed E-state index contributed by atoms with van der Waals surface area (Å²) in [5, 5.41) is 12.7. The maximum Gasteiger partial charge on any atom is 0.0991 e. The largest absolute Gasteiger partial charge is 0.370 e. The van der Waals surface area contributed by atoms with Gasteiger partial charge in [0.15, 0.2) is 0 Å². The second-order valence-corrected chi connectivity index (χ2v) is 7.68. The number of benzene rings is 2. The number of anilines is 1. The van der Waals surface area contributed by atoms with Crippen LogP contribution in [0.15, 0.2) is 67.1 Å². The summed E-state index contributed by atoms with van der Waals surface area (Å²) >= 11 is 0. The van der Waals surface area contributed by atoms with Gasteiger partial charge in [-0.15, -0.1) is 0 Å². The minimum atomic E-state index is 0.468. The van der Waals surface area contributed by atoms with E-state index >= 15 is 0 Å². The highest BCUT2D eigenvalue weighted by Gasteiger charge is 2.18. The van der Waals surface area contributed by atoms with E-state index in [9.17, 15) is 0 Å². The van der Waals surface area contributed by atoms with Crippen LogP contribution >= 0.6 is 0 Å². The van der Waals surface area contributed by atoms with Gasteiger partial charge in [-0.05, 0) is 42.7 Å². The van der Waals surface area contributed by atoms with Gasteiger partial charge in [-0.1, -0.05) is 36.8 Å². The molecule has 29 heavy (non-hydrogen) atoms. The highest BCUT2D eigenvalue weighted by atomic mass is 15.2. The van der Waals surface area contributed by atoms with E-state index in [1.54, 1.807) is 0 Å². The highest BCUT2D eigenvalue weighted by Crippen LogP contribution is 2.19. The van der Waals surface area contributed by atoms with Crippen LogP contribution < -0.4 is 10.2 Å². The van der Waals surface area contributed by atoms with Gasteiger partial charge in [0.1, 0.15) is 0 Å². The minimum Gasteiger partial charge on any atom is -0.370 e. The molecule has 0 amide bonds. The van der Waals surface area contributed by atoms with Crippen molar-refractivity contribution in [2.24, 2.45) is 0 Å². The van der Waals surface area contributed by atoms with Crippen molar-refractivity contribution in [3.63, 3.8) is 0 Å². The average Bonchev–Trinajstić information content (AvgIpc) is 3.07. The zero-order chi connectivity index (χ0) is 19.9. The van der Waals surface area contributed by atoms with E-state index in [0.29, 0.717) is 11.6 Å². The Labute approximate surface area is 172 Å². The van der Waals surface area contributed by atoms with Crippen molar-refractivity contribution in [2.75, 3.05) is 18.0 Å². The summed E-state index contributed by atoms with van der Waals surface area (Å²) in [7, 11) is 0. The van der Waals surface area contributed by atoms with E-state index in [4.69, 9.17) is 5.26 Å². The lowest BCUT2D eigenvalue weighted by atomic mass is 10.1. The van der Waals surface area contributed by atoms with Gasteiger partial charge in [-0.25, -0.2) is 4.98 Å². The van der Waals surface area contributed by atoms with Crippen LogP contribution in [0, 0.1) is 11.3 Å². The Balaban J connectivity index is 1.37. The zero-order valence-electron chi connectivity index (χ0n) is 16.7. The summed E-state index contributed by atoms with van der Waals surface area (Å²) in [6, 6.07) is 21.1. The molecule has 2 aromatic carbocycles. The molecule has 148 valence electrons. The third kappa shape index (κ3) is 5.04. The molecule has 0 spiro atoms. The Morgan fingerprint density at radius 3 is 2.69 bits per heavy atom. The molecule has 1 aliphatic heterocycles. The second kappa shape index (κ2) is 9.40. The average molecular weight is 386 g/mol. The molecule has 5 nitrogen and oxygen atoms in total. The Bertz CT molecular complexity index is 939. The third-order valence-corrected chi connectivity index (χ3v) is 5.60. The lowest BCUT2D eigenvalue weighted by Crippen LogP contribution is -2.39. The molecule has 0 saturated carbocycles. The molecule has 0 bridgehead atoms. The topological polar surface area (TPSA) is 56.9 Å². The molecule has 1 N–H and O–H groups in total. The fourth-order valence-corrected chi connectivity index (χ4v) is 3.95. The SMILES string of the molecule is N#Cc1ccc(Cn2cncc2CN[C@H]2CCCCN(c3ccccc3)C2)cc1. The second-order valence-electron chi connectivity index (χ2n) is 7.68. The van der Waals surface area contributed by atoms with Crippen LogP contribution in [-0.4, -0.2) is 28.7 Å². The zero-order valence-corrected chi connectivity index (χ0v) is 16.7. The van der Waals surface area contributed by atoms with Gasteiger partial charge in [-0.3, -0.25) is 0 Å². The monoisotopic (exact) mass is 385 g/mol. The van der Waals surface area contributed by atoms with Crippen molar-refractivity contribution in [1.82, 2.24) is 14.9 Å². The van der Waals surface area contributed by atoms with Crippen molar-refractivity contribution in [3.8, 4) is 6.07 Å². The fourth-order valence-electron chi connectivity index (χ4n) is 3.95. The molecule has 0 unspecified atom stereocenters. The molecule has 1 atom stereocenters. The minimum absolute atomic E-state index is 0.468. The Kier molecular flexibility index (Phi) is 6.23. The Hall–Kier alpha value is -3.10. The van der Waals surface area contributed by atoms with Crippen molar-refractivity contribution >= 4 is 5.69 Å². The van der Waals surface area contributed by atoms with E-state index in [1.165, 1.54) is 36.2 Å². The van der Waals surface area contributed by atoms with Gasteiger partial charge < -0.3 is 14.8 Å². The van der Waals surface area contributed by atoms with E-state index in [1.807, 2.05) is 36.8 Å². The number of aromatic nitrogens is 2. The number of rotatable bonds is 6. The van der Waals surface area contributed by atoms with Gasteiger partial charge in [-0.2, -0.15) is 5.26 Å². The number of hydrogen-bond acceptors (Lipinski definition) is 4. The molecular weight excluding hydrogens is 358 g/mol. The lowest BCUT2D eigenvalue weighted by molar-refractivity contribution is 0.478. The Morgan fingerprint density at radius 1 is 1.07 bits per heavy atom. The maximum atomic E-state index is 8.96. The van der Waals surface area contributed by atoms with Gasteiger partial charge in [0, 0.05) is 44.1 Å². The molecule has 1 aliphatic rings. The molecular formula is C24H27N5. The van der Waals surface area contributed by atoms with E-state index in [-0.39, 0.29) is 0 Å². The van der Waals surface area contributed by atoms with Crippen molar-refractivity contribution in [3.05, 3.63) is 83.9 Å². The van der Waals surface area contributed by atoms with Crippen LogP contribution in [0.1, 0.15) is 36.1 Å². The molecule has 4 rings (SSSR count). The number of imidazole rings is 1. The third-order valence-electron chi connectivity index (χ3n) is 5.60. The predicted molar refractivity (Wildman–Crippen MR) is 116 cm³/mol. The first-order chi connectivity index (χ1) is 14.3. The molecule has 1 saturated heterocycles. The van der Waals surface area contributed by atoms with Crippen LogP contribution in [0.2, 0.25) is 0 Å². The first kappa shape index (κ1) is 19.2. The number of nitrogens with one attached hydrogen (secondary N) is 1. The molecule has 1 fully saturated rings. The summed E-state index contributed by atoms with van der Waals surface area (Å²) in [6.07, 6.45) is 7.53. The number of para-hydroxylation sites is 1. The molecule has 2 heterocycles. The summed E-state index contributed by atoms with van der Waals surface area (Å²) in [5.74, 6) is 0. The summed E-state index contributed by atoms with van der Waals surface area (Å²) in [6.45, 7) is 3.74. The van der Waals surface area contributed by atoms with Gasteiger partial charge >= 0.3 is 0 Å². The molecule has 0 aliphatic carbocycles. The summed E-state index contributed by atoms with van der Waals surface area (Å²) in [5.41, 5.74) is 4.36. The van der Waals surface area contributed by atoms with Crippen LogP contribution in [0.3, 0.4) is 0 Å². The Morgan fingerprint density at radius 2 is 1.90 bits per heavy atom. The molecule has 5 heteroatoms. The quantitative estimate of drug-likeness (QED) is 0.698. The molecule has 3 aromatic rings. The van der Waals surface area contributed by atoms with Crippen molar-refractivity contribution in [1.29, 1.82) is 5.26 Å². The van der Waals surface area contributed by atoms with Crippen molar-refractivity contribution < 1.29 is 0 Å². The summed E-state index contributed by atoms with van der Waals surface area (Å²) in [4.78, 5) is 6.86. The van der Waals surface area contributed by atoms with Crippen LogP contribution in [-0.2, 0) is 13.1 Å². The fraction of sp³-hybridized carbons (Fsp3) is 0.333. The first-order valence-electron chi connectivity index (χ1n) is 10.3. The molecule has 0 radical (unpaired) electrons. The van der Waals surface area contributed by atoms with Crippen LogP contribution in [0.4, 0.5) is 5.69 Å². The normalized spacial score (nSPS) is 16.9. The van der Waals surface area contributed by atoms with E-state index in [2.05, 4.69) is 56.2 Å². The van der Waals surface area contributed by atoms with Gasteiger partial charge in [0.05, 0.1) is 23.7 Å². The summed E-state index contributed by atoms with van der Waals surface area (Å²) < 4.78 is 2.18. The standard InChI is InChI=1S/C24H27N5/c25-14-20-9-11-21(12-10-20)17-29-19-26-15-24(29)16-27-22-6-4-5-13-28(18-22)23-7-2-1-3-8-23/h1-3,7-12,15,19,22,27H,4-6,13,16-18H2/t22-/m0/s1. The highest BCUT2D eigenvalue weighted by molar-refractivity contribution is 5.46. The lowest BCUT2D eigenvalue weighted by Gasteiger charge is -2.27. The predicted octanol–water partition coefficient (Wildman–Crippen LogP) is 3.95. The van der Waals surface area contributed by atoms with E-state index in [0.717, 1.165) is 26.2 Å². The van der Waals surface area contributed by atoms with Gasteiger partial charge in [0.2, 0.25) is 0 Å². The maximum absolute atomic E-state index is 8.96. The van der Waals surface area contributed by atoms with Crippen molar-refractivity contribution in [2.45, 2.75) is 38.4 Å².